The Morgan fingerprint density at radius 3 is 2.84 bits per heavy atom. The van der Waals surface area contributed by atoms with Gasteiger partial charge in [0.2, 0.25) is 0 Å². The minimum atomic E-state index is -0.926. The average Bonchev–Trinajstić information content (AvgIpc) is 3.01. The lowest BCUT2D eigenvalue weighted by atomic mass is 9.94. The van der Waals surface area contributed by atoms with E-state index in [1.807, 2.05) is 13.0 Å². The van der Waals surface area contributed by atoms with Crippen molar-refractivity contribution in [1.29, 1.82) is 0 Å². The van der Waals surface area contributed by atoms with Crippen LogP contribution in [0.25, 0.3) is 0 Å². The first-order valence-electron chi connectivity index (χ1n) is 8.29. The molecule has 1 atom stereocenters. The second-order valence-electron chi connectivity index (χ2n) is 6.36. The second-order valence-corrected chi connectivity index (χ2v) is 6.36. The molecular weight excluding hydrogens is 322 g/mol. The van der Waals surface area contributed by atoms with E-state index in [1.165, 1.54) is 4.68 Å². The van der Waals surface area contributed by atoms with Crippen LogP contribution in [0.15, 0.2) is 18.3 Å². The van der Waals surface area contributed by atoms with Gasteiger partial charge in [0.05, 0.1) is 5.69 Å². The van der Waals surface area contributed by atoms with Gasteiger partial charge in [-0.2, -0.15) is 5.10 Å². The van der Waals surface area contributed by atoms with Crippen LogP contribution in [0.3, 0.4) is 0 Å². The number of piperidine rings is 1. The van der Waals surface area contributed by atoms with Crippen LogP contribution in [0.5, 0.6) is 0 Å². The van der Waals surface area contributed by atoms with Crippen LogP contribution in [0, 0.1) is 13.8 Å². The minimum absolute atomic E-state index is 0.0942. The fraction of sp³-hybridized carbons (Fsp3) is 0.471. The molecule has 3 heterocycles. The first-order chi connectivity index (χ1) is 11.9. The van der Waals surface area contributed by atoms with E-state index < -0.39 is 5.97 Å². The highest BCUT2D eigenvalue weighted by atomic mass is 16.4. The summed E-state index contributed by atoms with van der Waals surface area (Å²) in [5, 5.41) is 13.2. The van der Waals surface area contributed by atoms with Gasteiger partial charge in [-0.25, -0.2) is 9.97 Å². The first kappa shape index (κ1) is 17.1. The Morgan fingerprint density at radius 1 is 1.32 bits per heavy atom. The van der Waals surface area contributed by atoms with Gasteiger partial charge >= 0.3 is 5.97 Å². The molecular formula is C17H21N5O3. The van der Waals surface area contributed by atoms with E-state index >= 15 is 0 Å². The van der Waals surface area contributed by atoms with E-state index in [9.17, 15) is 9.59 Å². The SMILES string of the molecule is Cc1cc(C(=O)N2CCC[C@@H](c3ccn(CC(=O)O)n3)C2)nc(C)n1. The fourth-order valence-electron chi connectivity index (χ4n) is 3.21. The zero-order valence-corrected chi connectivity index (χ0v) is 14.3. The summed E-state index contributed by atoms with van der Waals surface area (Å²) in [4.78, 5) is 33.8. The second kappa shape index (κ2) is 7.00. The van der Waals surface area contributed by atoms with Gasteiger partial charge in [0.25, 0.3) is 5.91 Å². The molecule has 0 spiro atoms. The van der Waals surface area contributed by atoms with Crippen molar-refractivity contribution in [3.8, 4) is 0 Å². The molecule has 2 aromatic heterocycles. The summed E-state index contributed by atoms with van der Waals surface area (Å²) in [6, 6.07) is 3.54. The number of aryl methyl sites for hydroxylation is 2. The van der Waals surface area contributed by atoms with Gasteiger partial charge in [0, 0.05) is 30.9 Å². The number of hydrogen-bond acceptors (Lipinski definition) is 5. The summed E-state index contributed by atoms with van der Waals surface area (Å²) in [7, 11) is 0. The molecule has 1 aliphatic rings. The number of carboxylic acids is 1. The lowest BCUT2D eigenvalue weighted by Crippen LogP contribution is -2.39. The number of nitrogens with zero attached hydrogens (tertiary/aromatic N) is 5. The van der Waals surface area contributed by atoms with Gasteiger partial charge in [-0.15, -0.1) is 0 Å². The monoisotopic (exact) mass is 343 g/mol. The maximum atomic E-state index is 12.8. The molecule has 25 heavy (non-hydrogen) atoms. The third kappa shape index (κ3) is 4.01. The smallest absolute Gasteiger partial charge is 0.325 e. The van der Waals surface area contributed by atoms with Crippen LogP contribution in [-0.4, -0.2) is 54.7 Å². The lowest BCUT2D eigenvalue weighted by Gasteiger charge is -2.31. The van der Waals surface area contributed by atoms with E-state index in [2.05, 4.69) is 15.1 Å². The van der Waals surface area contributed by atoms with Gasteiger partial charge in [0.1, 0.15) is 18.1 Å². The van der Waals surface area contributed by atoms with Crippen LogP contribution in [0.1, 0.15) is 46.5 Å². The van der Waals surface area contributed by atoms with Crippen molar-refractivity contribution in [3.05, 3.63) is 41.2 Å². The molecule has 1 N–H and O–H groups in total. The number of carboxylic acid groups (broad SMARTS) is 1. The summed E-state index contributed by atoms with van der Waals surface area (Å²) >= 11 is 0. The van der Waals surface area contributed by atoms with Crippen LogP contribution in [-0.2, 0) is 11.3 Å². The third-order valence-electron chi connectivity index (χ3n) is 4.27. The van der Waals surface area contributed by atoms with E-state index in [1.54, 1.807) is 24.1 Å². The highest BCUT2D eigenvalue weighted by Gasteiger charge is 2.27. The zero-order chi connectivity index (χ0) is 18.0. The molecule has 1 amide bonds. The zero-order valence-electron chi connectivity index (χ0n) is 14.3. The molecule has 0 saturated carbocycles. The molecule has 2 aromatic rings. The van der Waals surface area contributed by atoms with Crippen LogP contribution < -0.4 is 0 Å². The summed E-state index contributed by atoms with van der Waals surface area (Å²) < 4.78 is 1.41. The highest BCUT2D eigenvalue weighted by molar-refractivity contribution is 5.92. The van der Waals surface area contributed by atoms with Gasteiger partial charge in [-0.1, -0.05) is 0 Å². The summed E-state index contributed by atoms with van der Waals surface area (Å²) in [5.74, 6) is -0.325. The molecule has 3 rings (SSSR count). The van der Waals surface area contributed by atoms with Crippen molar-refractivity contribution in [1.82, 2.24) is 24.6 Å². The minimum Gasteiger partial charge on any atom is -0.480 e. The number of likely N-dealkylation sites (tertiary alicyclic amines) is 1. The van der Waals surface area contributed by atoms with Crippen molar-refractivity contribution < 1.29 is 14.7 Å². The van der Waals surface area contributed by atoms with E-state index in [0.717, 1.165) is 24.2 Å². The van der Waals surface area contributed by atoms with Crippen molar-refractivity contribution in [2.45, 2.75) is 39.2 Å². The fourth-order valence-corrected chi connectivity index (χ4v) is 3.21. The number of aliphatic carboxylic acids is 1. The van der Waals surface area contributed by atoms with Crippen molar-refractivity contribution in [2.24, 2.45) is 0 Å². The molecule has 0 bridgehead atoms. The van der Waals surface area contributed by atoms with E-state index in [0.29, 0.717) is 24.6 Å². The van der Waals surface area contributed by atoms with Gasteiger partial charge < -0.3 is 10.0 Å². The number of hydrogen-bond donors (Lipinski definition) is 1. The Kier molecular flexibility index (Phi) is 4.78. The number of amides is 1. The Morgan fingerprint density at radius 2 is 2.12 bits per heavy atom. The summed E-state index contributed by atoms with van der Waals surface area (Å²) in [6.07, 6.45) is 3.47. The molecule has 8 heteroatoms. The summed E-state index contributed by atoms with van der Waals surface area (Å²) in [6.45, 7) is 4.71. The Hall–Kier alpha value is -2.77. The van der Waals surface area contributed by atoms with Crippen LogP contribution in [0.4, 0.5) is 0 Å². The highest BCUT2D eigenvalue weighted by Crippen LogP contribution is 2.26. The molecule has 132 valence electrons. The quantitative estimate of drug-likeness (QED) is 0.900. The molecule has 1 fully saturated rings. The van der Waals surface area contributed by atoms with Gasteiger partial charge in [-0.05, 0) is 38.8 Å². The van der Waals surface area contributed by atoms with Crippen LogP contribution >= 0.6 is 0 Å². The normalized spacial score (nSPS) is 17.5. The average molecular weight is 343 g/mol. The number of rotatable bonds is 4. The first-order valence-corrected chi connectivity index (χ1v) is 8.29. The lowest BCUT2D eigenvalue weighted by molar-refractivity contribution is -0.137. The number of carbonyl (C=O) groups excluding carboxylic acids is 1. The van der Waals surface area contributed by atoms with Gasteiger partial charge in [0.15, 0.2) is 0 Å². The number of carbonyl (C=O) groups is 2. The maximum Gasteiger partial charge on any atom is 0.325 e. The molecule has 1 saturated heterocycles. The molecule has 0 aliphatic carbocycles. The van der Waals surface area contributed by atoms with Crippen molar-refractivity contribution >= 4 is 11.9 Å². The Bertz CT molecular complexity index is 781. The topological polar surface area (TPSA) is 101 Å². The Labute approximate surface area is 145 Å². The standard InChI is InChI=1S/C17H21N5O3/c1-11-8-15(19-12(2)18-11)17(25)21-6-3-4-13(9-21)14-5-7-22(20-14)10-16(23)24/h5,7-8,13H,3-4,6,9-10H2,1-2H3,(H,23,24)/t13-/m1/s1. The van der Waals surface area contributed by atoms with E-state index in [4.69, 9.17) is 5.11 Å². The number of aromatic nitrogens is 4. The predicted octanol–water partition coefficient (Wildman–Crippen LogP) is 1.39. The van der Waals surface area contributed by atoms with E-state index in [-0.39, 0.29) is 18.4 Å². The van der Waals surface area contributed by atoms with Crippen molar-refractivity contribution in [3.63, 3.8) is 0 Å². The largest absolute Gasteiger partial charge is 0.480 e. The van der Waals surface area contributed by atoms with Gasteiger partial charge in [-0.3, -0.25) is 14.3 Å². The predicted molar refractivity (Wildman–Crippen MR) is 89.2 cm³/mol. The molecule has 0 radical (unpaired) electrons. The van der Waals surface area contributed by atoms with Crippen LogP contribution in [0.2, 0.25) is 0 Å². The Balaban J connectivity index is 1.73. The molecule has 8 nitrogen and oxygen atoms in total. The molecule has 0 unspecified atom stereocenters. The third-order valence-corrected chi connectivity index (χ3v) is 4.27. The van der Waals surface area contributed by atoms with Crippen molar-refractivity contribution in [2.75, 3.05) is 13.1 Å². The molecule has 0 aromatic carbocycles. The molecule has 1 aliphatic heterocycles. The maximum absolute atomic E-state index is 12.8. The summed E-state index contributed by atoms with van der Waals surface area (Å²) in [5.41, 5.74) is 2.02.